The molecular formula is C6H11NO2. The van der Waals surface area contributed by atoms with Crippen molar-refractivity contribution >= 4 is 11.8 Å². The lowest BCUT2D eigenvalue weighted by atomic mass is 10.2. The fourth-order valence-corrected chi connectivity index (χ4v) is 0.318. The minimum atomic E-state index is -0.297. The molecule has 0 bridgehead atoms. The van der Waals surface area contributed by atoms with Crippen LogP contribution in [0, 0.1) is 5.92 Å². The SMILES string of the molecule is CC(=O)NC(=O)C(C)C. The lowest BCUT2D eigenvalue weighted by molar-refractivity contribution is -0.131. The van der Waals surface area contributed by atoms with Crippen LogP contribution < -0.4 is 5.32 Å². The van der Waals surface area contributed by atoms with E-state index in [-0.39, 0.29) is 17.7 Å². The van der Waals surface area contributed by atoms with Gasteiger partial charge in [-0.2, -0.15) is 0 Å². The van der Waals surface area contributed by atoms with Gasteiger partial charge in [0, 0.05) is 12.8 Å². The largest absolute Gasteiger partial charge is 0.296 e. The molecule has 0 aliphatic rings. The Morgan fingerprint density at radius 2 is 1.78 bits per heavy atom. The number of hydrogen-bond donors (Lipinski definition) is 1. The van der Waals surface area contributed by atoms with Crippen molar-refractivity contribution in [3.63, 3.8) is 0 Å². The number of amides is 2. The monoisotopic (exact) mass is 129 g/mol. The summed E-state index contributed by atoms with van der Waals surface area (Å²) in [6.45, 7) is 4.79. The van der Waals surface area contributed by atoms with Crippen LogP contribution in [0.4, 0.5) is 0 Å². The highest BCUT2D eigenvalue weighted by atomic mass is 16.2. The van der Waals surface area contributed by atoms with E-state index < -0.39 is 0 Å². The lowest BCUT2D eigenvalue weighted by Gasteiger charge is -2.01. The van der Waals surface area contributed by atoms with Gasteiger partial charge in [0.15, 0.2) is 0 Å². The summed E-state index contributed by atoms with van der Waals surface area (Å²) in [6, 6.07) is 0. The molecule has 0 fully saturated rings. The number of carbonyl (C=O) groups excluding carboxylic acids is 2. The molecule has 2 amide bonds. The fraction of sp³-hybridized carbons (Fsp3) is 0.667. The maximum atomic E-state index is 10.6. The van der Waals surface area contributed by atoms with Gasteiger partial charge in [0.25, 0.3) is 0 Å². The molecule has 0 aromatic heterocycles. The molecule has 0 unspecified atom stereocenters. The zero-order chi connectivity index (χ0) is 7.44. The summed E-state index contributed by atoms with van der Waals surface area (Å²) in [4.78, 5) is 20.8. The third kappa shape index (κ3) is 3.70. The van der Waals surface area contributed by atoms with Crippen LogP contribution in [0.15, 0.2) is 0 Å². The van der Waals surface area contributed by atoms with E-state index in [9.17, 15) is 9.59 Å². The van der Waals surface area contributed by atoms with E-state index in [0.717, 1.165) is 0 Å². The van der Waals surface area contributed by atoms with Crippen LogP contribution in [0.1, 0.15) is 20.8 Å². The van der Waals surface area contributed by atoms with Crippen LogP contribution in [0.3, 0.4) is 0 Å². The molecule has 1 N–H and O–H groups in total. The average molecular weight is 129 g/mol. The average Bonchev–Trinajstić information content (AvgIpc) is 1.63. The number of imide groups is 1. The summed E-state index contributed by atoms with van der Waals surface area (Å²) in [7, 11) is 0. The lowest BCUT2D eigenvalue weighted by Crippen LogP contribution is -2.31. The Bertz CT molecular complexity index is 129. The highest BCUT2D eigenvalue weighted by Gasteiger charge is 2.06. The Kier molecular flexibility index (Phi) is 2.91. The zero-order valence-electron chi connectivity index (χ0n) is 5.89. The van der Waals surface area contributed by atoms with Crippen molar-refractivity contribution in [1.29, 1.82) is 0 Å². The van der Waals surface area contributed by atoms with Gasteiger partial charge in [-0.1, -0.05) is 13.8 Å². The first-order chi connectivity index (χ1) is 4.04. The molecule has 0 heterocycles. The van der Waals surface area contributed by atoms with E-state index >= 15 is 0 Å². The summed E-state index contributed by atoms with van der Waals surface area (Å²) in [5, 5.41) is 2.16. The Morgan fingerprint density at radius 1 is 1.33 bits per heavy atom. The molecule has 9 heavy (non-hydrogen) atoms. The predicted molar refractivity (Wildman–Crippen MR) is 33.7 cm³/mol. The van der Waals surface area contributed by atoms with Crippen LogP contribution in [-0.2, 0) is 9.59 Å². The van der Waals surface area contributed by atoms with E-state index in [1.54, 1.807) is 13.8 Å². The van der Waals surface area contributed by atoms with Crippen molar-refractivity contribution in [3.8, 4) is 0 Å². The molecule has 3 heteroatoms. The van der Waals surface area contributed by atoms with Gasteiger partial charge < -0.3 is 0 Å². The van der Waals surface area contributed by atoms with Crippen LogP contribution >= 0.6 is 0 Å². The van der Waals surface area contributed by atoms with Crippen LogP contribution in [-0.4, -0.2) is 11.8 Å². The predicted octanol–water partition coefficient (Wildman–Crippen LogP) is 0.305. The first kappa shape index (κ1) is 8.14. The zero-order valence-corrected chi connectivity index (χ0v) is 5.89. The third-order valence-electron chi connectivity index (χ3n) is 0.824. The summed E-state index contributed by atoms with van der Waals surface area (Å²) in [5.41, 5.74) is 0. The number of hydrogen-bond acceptors (Lipinski definition) is 2. The second-order valence-corrected chi connectivity index (χ2v) is 2.20. The Balaban J connectivity index is 3.64. The van der Waals surface area contributed by atoms with Crippen molar-refractivity contribution in [2.75, 3.05) is 0 Å². The Hall–Kier alpha value is -0.860. The molecule has 0 atom stereocenters. The Morgan fingerprint density at radius 3 is 1.89 bits per heavy atom. The smallest absolute Gasteiger partial charge is 0.229 e. The highest BCUT2D eigenvalue weighted by Crippen LogP contribution is 1.88. The van der Waals surface area contributed by atoms with Gasteiger partial charge in [-0.15, -0.1) is 0 Å². The summed E-state index contributed by atoms with van der Waals surface area (Å²) < 4.78 is 0. The highest BCUT2D eigenvalue weighted by molar-refractivity contribution is 5.94. The molecule has 0 radical (unpaired) electrons. The van der Waals surface area contributed by atoms with Crippen molar-refractivity contribution in [3.05, 3.63) is 0 Å². The molecule has 52 valence electrons. The molecule has 3 nitrogen and oxygen atoms in total. The standard InChI is InChI=1S/C6H11NO2/c1-4(2)6(9)7-5(3)8/h4H,1-3H3,(H,7,8,9). The maximum absolute atomic E-state index is 10.6. The van der Waals surface area contributed by atoms with Crippen LogP contribution in [0.25, 0.3) is 0 Å². The minimum absolute atomic E-state index is 0.117. The number of nitrogens with one attached hydrogen (secondary N) is 1. The molecule has 0 rings (SSSR count). The second-order valence-electron chi connectivity index (χ2n) is 2.20. The third-order valence-corrected chi connectivity index (χ3v) is 0.824. The number of rotatable bonds is 1. The van der Waals surface area contributed by atoms with Gasteiger partial charge in [-0.3, -0.25) is 14.9 Å². The van der Waals surface area contributed by atoms with Gasteiger partial charge in [-0.05, 0) is 0 Å². The fourth-order valence-electron chi connectivity index (χ4n) is 0.318. The molecule has 0 saturated heterocycles. The molecular weight excluding hydrogens is 118 g/mol. The molecule has 0 spiro atoms. The van der Waals surface area contributed by atoms with Crippen LogP contribution in [0.2, 0.25) is 0 Å². The van der Waals surface area contributed by atoms with E-state index in [0.29, 0.717) is 0 Å². The molecule has 0 aromatic carbocycles. The van der Waals surface area contributed by atoms with E-state index in [1.165, 1.54) is 6.92 Å². The van der Waals surface area contributed by atoms with Crippen molar-refractivity contribution in [2.45, 2.75) is 20.8 Å². The topological polar surface area (TPSA) is 46.2 Å². The molecule has 0 saturated carbocycles. The first-order valence-electron chi connectivity index (χ1n) is 2.85. The van der Waals surface area contributed by atoms with Gasteiger partial charge in [-0.25, -0.2) is 0 Å². The van der Waals surface area contributed by atoms with Crippen molar-refractivity contribution < 1.29 is 9.59 Å². The van der Waals surface area contributed by atoms with E-state index in [1.807, 2.05) is 0 Å². The maximum Gasteiger partial charge on any atom is 0.229 e. The van der Waals surface area contributed by atoms with Gasteiger partial charge in [0.2, 0.25) is 11.8 Å². The normalized spacial score (nSPS) is 9.33. The van der Waals surface area contributed by atoms with Crippen molar-refractivity contribution in [2.24, 2.45) is 5.92 Å². The van der Waals surface area contributed by atoms with E-state index in [2.05, 4.69) is 5.32 Å². The minimum Gasteiger partial charge on any atom is -0.296 e. The Labute approximate surface area is 54.4 Å². The first-order valence-corrected chi connectivity index (χ1v) is 2.85. The van der Waals surface area contributed by atoms with Crippen molar-refractivity contribution in [1.82, 2.24) is 5.32 Å². The number of carbonyl (C=O) groups is 2. The molecule has 0 aromatic rings. The van der Waals surface area contributed by atoms with E-state index in [4.69, 9.17) is 0 Å². The summed E-state index contributed by atoms with van der Waals surface area (Å²) >= 11 is 0. The van der Waals surface area contributed by atoms with Gasteiger partial charge in [0.1, 0.15) is 0 Å². The second kappa shape index (κ2) is 3.22. The van der Waals surface area contributed by atoms with Crippen LogP contribution in [0.5, 0.6) is 0 Å². The molecule has 0 aliphatic heterocycles. The van der Waals surface area contributed by atoms with Gasteiger partial charge in [0.05, 0.1) is 0 Å². The quantitative estimate of drug-likeness (QED) is 0.553. The summed E-state index contributed by atoms with van der Waals surface area (Å²) in [5.74, 6) is -0.634. The van der Waals surface area contributed by atoms with Gasteiger partial charge >= 0.3 is 0 Å². The summed E-state index contributed by atoms with van der Waals surface area (Å²) in [6.07, 6.45) is 0. The molecule has 0 aliphatic carbocycles.